The van der Waals surface area contributed by atoms with Gasteiger partial charge in [-0.1, -0.05) is 102 Å². The van der Waals surface area contributed by atoms with Crippen molar-refractivity contribution in [1.29, 1.82) is 0 Å². The summed E-state index contributed by atoms with van der Waals surface area (Å²) in [7, 11) is 0. The van der Waals surface area contributed by atoms with Gasteiger partial charge in [0.1, 0.15) is 12.1 Å². The van der Waals surface area contributed by atoms with Crippen LogP contribution in [0.3, 0.4) is 0 Å². The number of amidine groups is 1. The van der Waals surface area contributed by atoms with Gasteiger partial charge in [-0.05, 0) is 17.7 Å². The lowest BCUT2D eigenvalue weighted by atomic mass is 10.0. The molecule has 0 aromatic heterocycles. The van der Waals surface area contributed by atoms with Gasteiger partial charge in [0.25, 0.3) is 0 Å². The predicted octanol–water partition coefficient (Wildman–Crippen LogP) is 4.42. The van der Waals surface area contributed by atoms with Crippen LogP contribution in [0.5, 0.6) is 0 Å². The monoisotopic (exact) mass is 446 g/mol. The molecule has 5 rings (SSSR count). The number of quaternary nitrogens is 1. The lowest BCUT2D eigenvalue weighted by molar-refractivity contribution is -0.764. The molecular weight excluding hydrogens is 420 g/mol. The van der Waals surface area contributed by atoms with E-state index in [0.717, 1.165) is 28.2 Å². The van der Waals surface area contributed by atoms with Crippen molar-refractivity contribution in [1.82, 2.24) is 0 Å². The molecular formula is C30H26N2O2+2. The van der Waals surface area contributed by atoms with Crippen molar-refractivity contribution in [2.75, 3.05) is 0 Å². The number of nitrogens with zero attached hydrogens (tertiary/aromatic N) is 1. The van der Waals surface area contributed by atoms with Crippen LogP contribution in [0.4, 0.5) is 5.69 Å². The summed E-state index contributed by atoms with van der Waals surface area (Å²) in [5.41, 5.74) is 4.12. The molecule has 4 nitrogen and oxygen atoms in total. The van der Waals surface area contributed by atoms with Gasteiger partial charge < -0.3 is 5.11 Å². The Bertz CT molecular complexity index is 1350. The van der Waals surface area contributed by atoms with Gasteiger partial charge in [-0.25, -0.2) is 4.79 Å². The van der Waals surface area contributed by atoms with Gasteiger partial charge in [0.15, 0.2) is 5.57 Å². The quantitative estimate of drug-likeness (QED) is 0.431. The lowest BCUT2D eigenvalue weighted by Crippen LogP contribution is -3.17. The Morgan fingerprint density at radius 2 is 1.15 bits per heavy atom. The zero-order valence-corrected chi connectivity index (χ0v) is 18.8. The fourth-order valence-corrected chi connectivity index (χ4v) is 4.42. The summed E-state index contributed by atoms with van der Waals surface area (Å²) in [6, 6.07) is 39.4. The van der Waals surface area contributed by atoms with Crippen LogP contribution in [-0.2, 0) is 17.8 Å². The minimum absolute atomic E-state index is 0.0179. The van der Waals surface area contributed by atoms with E-state index < -0.39 is 0 Å². The van der Waals surface area contributed by atoms with E-state index in [1.54, 1.807) is 0 Å². The van der Waals surface area contributed by atoms with E-state index >= 15 is 0 Å². The minimum atomic E-state index is -0.115. The maximum atomic E-state index is 14.0. The van der Waals surface area contributed by atoms with Crippen LogP contribution < -0.4 is 4.90 Å². The van der Waals surface area contributed by atoms with Gasteiger partial charge in [0.05, 0.1) is 0 Å². The molecule has 0 radical (unpaired) electrons. The molecule has 1 atom stereocenters. The van der Waals surface area contributed by atoms with Crippen molar-refractivity contribution < 1.29 is 19.4 Å². The molecule has 1 unspecified atom stereocenters. The third kappa shape index (κ3) is 4.32. The molecule has 0 aliphatic carbocycles. The average Bonchev–Trinajstić information content (AvgIpc) is 2.90. The number of hydrogen-bond donors (Lipinski definition) is 2. The second kappa shape index (κ2) is 9.69. The van der Waals surface area contributed by atoms with Crippen molar-refractivity contribution in [3.63, 3.8) is 0 Å². The van der Waals surface area contributed by atoms with Crippen molar-refractivity contribution in [2.24, 2.45) is 0 Å². The van der Waals surface area contributed by atoms with E-state index in [0.29, 0.717) is 23.4 Å². The highest BCUT2D eigenvalue weighted by molar-refractivity contribution is 6.01. The number of benzene rings is 4. The number of carbonyl (C=O) groups excluding carboxylic acids is 1. The van der Waals surface area contributed by atoms with Gasteiger partial charge in [0, 0.05) is 24.1 Å². The molecule has 4 aromatic carbocycles. The van der Waals surface area contributed by atoms with Gasteiger partial charge >= 0.3 is 17.6 Å². The molecule has 4 heteroatoms. The van der Waals surface area contributed by atoms with Crippen LogP contribution in [0.15, 0.2) is 133 Å². The van der Waals surface area contributed by atoms with Crippen LogP contribution in [0.1, 0.15) is 16.7 Å². The number of nitrogens with one attached hydrogen (secondary N) is 1. The Labute approximate surface area is 199 Å². The van der Waals surface area contributed by atoms with E-state index in [4.69, 9.17) is 0 Å². The fourth-order valence-electron chi connectivity index (χ4n) is 4.42. The number of para-hydroxylation sites is 1. The molecule has 0 spiro atoms. The van der Waals surface area contributed by atoms with Crippen LogP contribution in [0.25, 0.3) is 0 Å². The summed E-state index contributed by atoms with van der Waals surface area (Å²) in [5.74, 6) is 0.585. The fraction of sp³-hybridized carbons (Fsp3) is 0.0667. The number of amides is 1. The van der Waals surface area contributed by atoms with E-state index in [2.05, 4.69) is 0 Å². The number of rotatable bonds is 6. The summed E-state index contributed by atoms with van der Waals surface area (Å²) in [6.45, 7) is 0.471. The highest BCUT2D eigenvalue weighted by Gasteiger charge is 2.47. The van der Waals surface area contributed by atoms with Crippen LogP contribution in [-0.4, -0.2) is 21.4 Å². The maximum Gasteiger partial charge on any atom is 0.391 e. The molecule has 166 valence electrons. The molecule has 0 bridgehead atoms. The van der Waals surface area contributed by atoms with E-state index in [-0.39, 0.29) is 11.8 Å². The number of aliphatic hydroxyl groups is 1. The number of hydrogen-bond acceptors (Lipinski definition) is 2. The zero-order valence-electron chi connectivity index (χ0n) is 18.8. The molecule has 0 fully saturated rings. The lowest BCUT2D eigenvalue weighted by Gasteiger charge is -2.22. The molecule has 2 N–H and O–H groups in total. The van der Waals surface area contributed by atoms with Crippen molar-refractivity contribution in [3.8, 4) is 0 Å². The Balaban J connectivity index is 1.74. The van der Waals surface area contributed by atoms with Crippen molar-refractivity contribution in [2.45, 2.75) is 13.0 Å². The largest absolute Gasteiger partial charge is 0.459 e. The summed E-state index contributed by atoms with van der Waals surface area (Å²) in [4.78, 5) is 14.7. The summed E-state index contributed by atoms with van der Waals surface area (Å²) >= 11 is 0. The topological polar surface area (TPSA) is 44.7 Å². The average molecular weight is 447 g/mol. The molecule has 1 heterocycles. The van der Waals surface area contributed by atoms with Crippen molar-refractivity contribution >= 4 is 17.4 Å². The van der Waals surface area contributed by atoms with E-state index in [9.17, 15) is 9.90 Å². The van der Waals surface area contributed by atoms with Crippen molar-refractivity contribution in [3.05, 3.63) is 149 Å². The summed E-state index contributed by atoms with van der Waals surface area (Å²) < 4.78 is 1.83. The van der Waals surface area contributed by atoms with Crippen LogP contribution >= 0.6 is 0 Å². The first-order valence-electron chi connectivity index (χ1n) is 11.4. The number of carbonyl (C=O) groups is 1. The first kappa shape index (κ1) is 21.6. The Morgan fingerprint density at radius 1 is 0.647 bits per heavy atom. The first-order valence-corrected chi connectivity index (χ1v) is 11.4. The Hall–Kier alpha value is -4.28. The van der Waals surface area contributed by atoms with Gasteiger partial charge in [-0.15, -0.1) is 0 Å². The molecule has 34 heavy (non-hydrogen) atoms. The normalized spacial score (nSPS) is 16.1. The van der Waals surface area contributed by atoms with Crippen LogP contribution in [0, 0.1) is 0 Å². The highest BCUT2D eigenvalue weighted by atomic mass is 16.3. The minimum Gasteiger partial charge on any atom is -0.459 e. The smallest absolute Gasteiger partial charge is 0.391 e. The number of aliphatic hydroxyl groups excluding tert-OH is 1. The van der Waals surface area contributed by atoms with Gasteiger partial charge in [-0.3, -0.25) is 0 Å². The highest BCUT2D eigenvalue weighted by Crippen LogP contribution is 2.23. The molecule has 1 aliphatic heterocycles. The molecule has 1 amide bonds. The van der Waals surface area contributed by atoms with Gasteiger partial charge in [0.2, 0.25) is 5.69 Å². The molecule has 0 saturated carbocycles. The standard InChI is InChI=1S/C30H24N2O2/c33-29-27(21-23-13-5-1-6-14-23)30(34)32(26-19-11-4-12-20-26)28(25-17-9-3-10-18-25)31(29)22-24-15-7-2-8-16-24/h1-20H,21-22H2/p+2. The SMILES string of the molecule is O=C1C(Cc2ccccc2)=C(O)[N+](c2ccccc2)=C(c2ccccc2)[NH+]1Cc1ccccc1. The molecule has 0 saturated heterocycles. The Kier molecular flexibility index (Phi) is 6.15. The maximum absolute atomic E-state index is 14.0. The second-order valence-corrected chi connectivity index (χ2v) is 8.32. The summed E-state index contributed by atoms with van der Waals surface area (Å²) in [6.07, 6.45) is 0.356. The first-order chi connectivity index (χ1) is 16.7. The van der Waals surface area contributed by atoms with Gasteiger partial charge in [-0.2, -0.15) is 4.90 Å². The van der Waals surface area contributed by atoms with Crippen LogP contribution in [0.2, 0.25) is 0 Å². The molecule has 1 aliphatic rings. The Morgan fingerprint density at radius 3 is 1.74 bits per heavy atom. The second-order valence-electron chi connectivity index (χ2n) is 8.32. The third-order valence-corrected chi connectivity index (χ3v) is 6.05. The van der Waals surface area contributed by atoms with E-state index in [1.165, 1.54) is 0 Å². The zero-order chi connectivity index (χ0) is 23.3. The summed E-state index contributed by atoms with van der Waals surface area (Å²) in [5, 5.41) is 11.6. The predicted molar refractivity (Wildman–Crippen MR) is 133 cm³/mol. The third-order valence-electron chi connectivity index (χ3n) is 6.05. The molecule has 4 aromatic rings. The van der Waals surface area contributed by atoms with E-state index in [1.807, 2.05) is 126 Å².